The summed E-state index contributed by atoms with van der Waals surface area (Å²) in [5, 5.41) is 3.45. The first-order chi connectivity index (χ1) is 19.5. The van der Waals surface area contributed by atoms with Gasteiger partial charge in [-0.3, -0.25) is 14.4 Å². The molecule has 3 aromatic carbocycles. The highest BCUT2D eigenvalue weighted by molar-refractivity contribution is 7.92. The first kappa shape index (κ1) is 28.8. The molecule has 41 heavy (non-hydrogen) atoms. The lowest BCUT2D eigenvalue weighted by molar-refractivity contribution is 0.0383. The second kappa shape index (κ2) is 11.6. The maximum Gasteiger partial charge on any atom is 0.268 e. The number of aromatic nitrogens is 1. The number of nitrogens with one attached hydrogen (secondary N) is 3. The number of ether oxygens (including phenoxy) is 1. The van der Waals surface area contributed by atoms with Crippen LogP contribution in [0.5, 0.6) is 0 Å². The van der Waals surface area contributed by atoms with Gasteiger partial charge in [0.25, 0.3) is 15.9 Å². The fourth-order valence-electron chi connectivity index (χ4n) is 4.95. The van der Waals surface area contributed by atoms with Crippen LogP contribution in [-0.4, -0.2) is 63.6 Å². The van der Waals surface area contributed by atoms with E-state index in [0.717, 1.165) is 18.7 Å². The zero-order chi connectivity index (χ0) is 29.2. The highest BCUT2D eigenvalue weighted by atomic mass is 32.2. The van der Waals surface area contributed by atoms with Crippen molar-refractivity contribution >= 4 is 32.5 Å². The van der Waals surface area contributed by atoms with Gasteiger partial charge >= 0.3 is 0 Å². The number of sulfonamides is 1. The van der Waals surface area contributed by atoms with E-state index in [1.807, 2.05) is 12.1 Å². The second-order valence-electron chi connectivity index (χ2n) is 11.2. The number of amides is 1. The Labute approximate surface area is 240 Å². The third-order valence-corrected chi connectivity index (χ3v) is 8.62. The van der Waals surface area contributed by atoms with Crippen LogP contribution in [0, 0.1) is 5.82 Å². The van der Waals surface area contributed by atoms with E-state index < -0.39 is 15.8 Å². The minimum atomic E-state index is -3.95. The van der Waals surface area contributed by atoms with Crippen LogP contribution in [-0.2, 0) is 20.2 Å². The Hall–Kier alpha value is -3.73. The SMILES string of the molecule is CC(C)(C)c1ccc(NS(=O)(=O)c2ccc3[nH]c(C(=O)NCCN4CCOCC4)c(-c4cccc(F)c4)c3c2)cc1. The topological polar surface area (TPSA) is 104 Å². The molecule has 2 heterocycles. The first-order valence-electron chi connectivity index (χ1n) is 13.6. The summed E-state index contributed by atoms with van der Waals surface area (Å²) >= 11 is 0. The lowest BCUT2D eigenvalue weighted by Crippen LogP contribution is -2.41. The van der Waals surface area contributed by atoms with Crippen molar-refractivity contribution in [2.75, 3.05) is 44.1 Å². The highest BCUT2D eigenvalue weighted by Crippen LogP contribution is 2.35. The Morgan fingerprint density at radius 3 is 2.44 bits per heavy atom. The van der Waals surface area contributed by atoms with E-state index in [2.05, 4.69) is 40.7 Å². The van der Waals surface area contributed by atoms with Crippen LogP contribution in [0.15, 0.2) is 71.6 Å². The van der Waals surface area contributed by atoms with Crippen molar-refractivity contribution < 1.29 is 22.3 Å². The number of halogens is 1. The molecular formula is C31H35FN4O4S. The Morgan fingerprint density at radius 1 is 1.02 bits per heavy atom. The third kappa shape index (κ3) is 6.61. The van der Waals surface area contributed by atoms with Gasteiger partial charge in [0.2, 0.25) is 0 Å². The molecule has 1 fully saturated rings. The summed E-state index contributed by atoms with van der Waals surface area (Å²) in [5.41, 5.74) is 3.19. The molecule has 1 saturated heterocycles. The molecule has 0 aliphatic carbocycles. The van der Waals surface area contributed by atoms with Crippen molar-refractivity contribution in [1.29, 1.82) is 0 Å². The zero-order valence-electron chi connectivity index (χ0n) is 23.5. The Kier molecular flexibility index (Phi) is 8.17. The summed E-state index contributed by atoms with van der Waals surface area (Å²) in [6.45, 7) is 10.3. The van der Waals surface area contributed by atoms with Crippen molar-refractivity contribution in [1.82, 2.24) is 15.2 Å². The van der Waals surface area contributed by atoms with Crippen molar-refractivity contribution in [2.24, 2.45) is 0 Å². The molecule has 1 aliphatic rings. The molecule has 0 saturated carbocycles. The predicted octanol–water partition coefficient (Wildman–Crippen LogP) is 5.13. The number of anilines is 1. The Balaban J connectivity index is 1.46. The molecular weight excluding hydrogens is 543 g/mol. The van der Waals surface area contributed by atoms with Gasteiger partial charge in [0.15, 0.2) is 0 Å². The van der Waals surface area contributed by atoms with E-state index in [9.17, 15) is 17.6 Å². The number of nitrogens with zero attached hydrogens (tertiary/aromatic N) is 1. The van der Waals surface area contributed by atoms with Crippen molar-refractivity contribution in [2.45, 2.75) is 31.1 Å². The molecule has 8 nitrogen and oxygen atoms in total. The average Bonchev–Trinajstić information content (AvgIpc) is 3.32. The van der Waals surface area contributed by atoms with Crippen LogP contribution in [0.3, 0.4) is 0 Å². The van der Waals surface area contributed by atoms with Crippen molar-refractivity contribution in [3.63, 3.8) is 0 Å². The van der Waals surface area contributed by atoms with E-state index in [1.54, 1.807) is 30.3 Å². The van der Waals surface area contributed by atoms with E-state index in [1.165, 1.54) is 24.3 Å². The number of hydrogen-bond acceptors (Lipinski definition) is 5. The molecule has 1 aromatic heterocycles. The van der Waals surface area contributed by atoms with Gasteiger partial charge in [-0.1, -0.05) is 45.0 Å². The molecule has 10 heteroatoms. The lowest BCUT2D eigenvalue weighted by atomic mass is 9.87. The molecule has 0 spiro atoms. The van der Waals surface area contributed by atoms with Gasteiger partial charge < -0.3 is 15.0 Å². The summed E-state index contributed by atoms with van der Waals surface area (Å²) in [6.07, 6.45) is 0. The molecule has 5 rings (SSSR count). The summed E-state index contributed by atoms with van der Waals surface area (Å²) < 4.78 is 49.1. The number of aromatic amines is 1. The molecule has 3 N–H and O–H groups in total. The van der Waals surface area contributed by atoms with Gasteiger partial charge in [-0.05, 0) is 59.0 Å². The van der Waals surface area contributed by atoms with Crippen molar-refractivity contribution in [3.05, 3.63) is 83.8 Å². The summed E-state index contributed by atoms with van der Waals surface area (Å²) in [7, 11) is -3.95. The maximum atomic E-state index is 14.3. The summed E-state index contributed by atoms with van der Waals surface area (Å²) in [6, 6.07) is 17.8. The number of carbonyl (C=O) groups is 1. The van der Waals surface area contributed by atoms with Gasteiger partial charge in [0.1, 0.15) is 11.5 Å². The molecule has 0 atom stereocenters. The van der Waals surface area contributed by atoms with Gasteiger partial charge in [-0.15, -0.1) is 0 Å². The van der Waals surface area contributed by atoms with Gasteiger partial charge in [-0.25, -0.2) is 12.8 Å². The number of hydrogen-bond donors (Lipinski definition) is 3. The van der Waals surface area contributed by atoms with Crippen molar-refractivity contribution in [3.8, 4) is 11.1 Å². The maximum absolute atomic E-state index is 14.3. The van der Waals surface area contributed by atoms with Crippen LogP contribution >= 0.6 is 0 Å². The van der Waals surface area contributed by atoms with Gasteiger partial charge in [0, 0.05) is 48.3 Å². The Bertz CT molecular complexity index is 1650. The molecule has 0 radical (unpaired) electrons. The number of carbonyl (C=O) groups excluding carboxylic acids is 1. The second-order valence-corrected chi connectivity index (χ2v) is 12.9. The van der Waals surface area contributed by atoms with E-state index in [-0.39, 0.29) is 21.9 Å². The number of benzene rings is 3. The Morgan fingerprint density at radius 2 is 1.76 bits per heavy atom. The molecule has 1 amide bonds. The van der Waals surface area contributed by atoms with Crippen LogP contribution in [0.2, 0.25) is 0 Å². The number of rotatable bonds is 8. The fourth-order valence-corrected chi connectivity index (χ4v) is 6.03. The molecule has 4 aromatic rings. The average molecular weight is 579 g/mol. The minimum absolute atomic E-state index is 0.0285. The van der Waals surface area contributed by atoms with E-state index in [4.69, 9.17) is 4.74 Å². The predicted molar refractivity (Wildman–Crippen MR) is 159 cm³/mol. The number of H-pyrrole nitrogens is 1. The quantitative estimate of drug-likeness (QED) is 0.269. The zero-order valence-corrected chi connectivity index (χ0v) is 24.3. The van der Waals surface area contributed by atoms with E-state index in [0.29, 0.717) is 54.0 Å². The fraction of sp³-hybridized carbons (Fsp3) is 0.323. The van der Waals surface area contributed by atoms with Crippen LogP contribution in [0.25, 0.3) is 22.0 Å². The lowest BCUT2D eigenvalue weighted by Gasteiger charge is -2.26. The molecule has 1 aliphatic heterocycles. The largest absolute Gasteiger partial charge is 0.379 e. The monoisotopic (exact) mass is 578 g/mol. The van der Waals surface area contributed by atoms with Gasteiger partial charge in [-0.2, -0.15) is 0 Å². The third-order valence-electron chi connectivity index (χ3n) is 7.24. The number of fused-ring (bicyclic) bond motifs is 1. The normalized spacial score (nSPS) is 14.7. The van der Waals surface area contributed by atoms with Crippen LogP contribution in [0.4, 0.5) is 10.1 Å². The molecule has 0 bridgehead atoms. The highest BCUT2D eigenvalue weighted by Gasteiger charge is 2.23. The standard InChI is InChI=1S/C31H35FN4O4S/c1-31(2,3)22-7-9-24(10-8-22)35-41(38,39)25-11-12-27-26(20-25)28(21-5-4-6-23(32)19-21)29(34-27)30(37)33-13-14-36-15-17-40-18-16-36/h4-12,19-20,34-35H,13-18H2,1-3H3,(H,33,37). The summed E-state index contributed by atoms with van der Waals surface area (Å²) in [5.74, 6) is -0.810. The molecule has 0 unspecified atom stereocenters. The van der Waals surface area contributed by atoms with E-state index >= 15 is 0 Å². The van der Waals surface area contributed by atoms with Crippen LogP contribution in [0.1, 0.15) is 36.8 Å². The minimum Gasteiger partial charge on any atom is -0.379 e. The summed E-state index contributed by atoms with van der Waals surface area (Å²) in [4.78, 5) is 18.7. The van der Waals surface area contributed by atoms with Gasteiger partial charge in [0.05, 0.1) is 18.1 Å². The number of morpholine rings is 1. The first-order valence-corrected chi connectivity index (χ1v) is 15.1. The van der Waals surface area contributed by atoms with Crippen LogP contribution < -0.4 is 10.0 Å². The smallest absolute Gasteiger partial charge is 0.268 e. The molecule has 216 valence electrons.